The largest absolute Gasteiger partial charge is 0.508 e. The van der Waals surface area contributed by atoms with Gasteiger partial charge >= 0.3 is 0 Å². The highest BCUT2D eigenvalue weighted by Crippen LogP contribution is 2.44. The number of hydrogen-bond acceptors (Lipinski definition) is 5. The zero-order chi connectivity index (χ0) is 19.0. The first-order chi connectivity index (χ1) is 13.1. The van der Waals surface area contributed by atoms with Gasteiger partial charge in [-0.25, -0.2) is 4.68 Å². The molecule has 1 aromatic heterocycles. The first-order valence-electron chi connectivity index (χ1n) is 8.64. The van der Waals surface area contributed by atoms with Crippen LogP contribution < -0.4 is 4.74 Å². The van der Waals surface area contributed by atoms with Gasteiger partial charge in [-0.1, -0.05) is 42.5 Å². The van der Waals surface area contributed by atoms with E-state index in [9.17, 15) is 10.4 Å². The molecule has 0 saturated carbocycles. The van der Waals surface area contributed by atoms with Gasteiger partial charge in [-0.2, -0.15) is 10.4 Å². The second-order valence-corrected chi connectivity index (χ2v) is 6.59. The SMILES string of the molecule is Cc1nn(Cc2ccccc2)c2c1C(c1ccc(O)cc1)C(C#N)C(=N)O2. The van der Waals surface area contributed by atoms with Gasteiger partial charge < -0.3 is 9.84 Å². The molecule has 1 aliphatic rings. The average Bonchev–Trinajstić information content (AvgIpc) is 2.97. The number of nitrogens with one attached hydrogen (secondary N) is 1. The fourth-order valence-electron chi connectivity index (χ4n) is 3.56. The van der Waals surface area contributed by atoms with E-state index in [-0.39, 0.29) is 17.6 Å². The zero-order valence-electron chi connectivity index (χ0n) is 14.8. The summed E-state index contributed by atoms with van der Waals surface area (Å²) in [4.78, 5) is 0. The smallest absolute Gasteiger partial charge is 0.224 e. The number of phenols is 1. The number of hydrogen-bond donors (Lipinski definition) is 2. The van der Waals surface area contributed by atoms with Crippen molar-refractivity contribution >= 4 is 5.90 Å². The monoisotopic (exact) mass is 358 g/mol. The van der Waals surface area contributed by atoms with E-state index < -0.39 is 5.92 Å². The molecule has 4 rings (SSSR count). The number of aromatic nitrogens is 2. The topological polar surface area (TPSA) is 94.9 Å². The Kier molecular flexibility index (Phi) is 4.13. The van der Waals surface area contributed by atoms with Gasteiger partial charge in [0.25, 0.3) is 0 Å². The van der Waals surface area contributed by atoms with Gasteiger partial charge in [0.05, 0.1) is 18.3 Å². The molecule has 0 fully saturated rings. The second-order valence-electron chi connectivity index (χ2n) is 6.59. The van der Waals surface area contributed by atoms with E-state index >= 15 is 0 Å². The Balaban J connectivity index is 1.83. The van der Waals surface area contributed by atoms with Crippen molar-refractivity contribution < 1.29 is 9.84 Å². The number of benzene rings is 2. The lowest BCUT2D eigenvalue weighted by atomic mass is 9.79. The van der Waals surface area contributed by atoms with Crippen molar-refractivity contribution in [1.29, 1.82) is 10.7 Å². The minimum atomic E-state index is -0.741. The van der Waals surface area contributed by atoms with E-state index in [0.29, 0.717) is 12.4 Å². The summed E-state index contributed by atoms with van der Waals surface area (Å²) in [5.74, 6) is -0.527. The molecule has 0 saturated heterocycles. The molecule has 2 unspecified atom stereocenters. The number of nitriles is 1. The van der Waals surface area contributed by atoms with Crippen LogP contribution in [-0.4, -0.2) is 20.8 Å². The van der Waals surface area contributed by atoms with Gasteiger partial charge in [0.2, 0.25) is 11.8 Å². The Morgan fingerprint density at radius 3 is 2.56 bits per heavy atom. The van der Waals surface area contributed by atoms with Gasteiger partial charge in [0, 0.05) is 11.5 Å². The molecule has 0 radical (unpaired) electrons. The third kappa shape index (κ3) is 2.93. The molecule has 27 heavy (non-hydrogen) atoms. The first-order valence-corrected chi connectivity index (χ1v) is 8.64. The van der Waals surface area contributed by atoms with Gasteiger partial charge in [0.1, 0.15) is 11.7 Å². The molecule has 0 bridgehead atoms. The summed E-state index contributed by atoms with van der Waals surface area (Å²) in [6.45, 7) is 2.41. The van der Waals surface area contributed by atoms with Crippen molar-refractivity contribution in [3.8, 4) is 17.7 Å². The lowest BCUT2D eigenvalue weighted by Crippen LogP contribution is -2.31. The quantitative estimate of drug-likeness (QED) is 0.748. The minimum Gasteiger partial charge on any atom is -0.508 e. The van der Waals surface area contributed by atoms with E-state index in [1.54, 1.807) is 28.9 Å². The highest BCUT2D eigenvalue weighted by molar-refractivity contribution is 5.84. The first kappa shape index (κ1) is 16.9. The molecule has 2 heterocycles. The predicted octanol–water partition coefficient (Wildman–Crippen LogP) is 3.59. The Bertz CT molecular complexity index is 1030. The van der Waals surface area contributed by atoms with Crippen LogP contribution in [0.5, 0.6) is 11.6 Å². The van der Waals surface area contributed by atoms with Gasteiger partial charge in [0.15, 0.2) is 0 Å². The number of rotatable bonds is 3. The molecular formula is C21H18N4O2. The fourth-order valence-corrected chi connectivity index (χ4v) is 3.56. The summed E-state index contributed by atoms with van der Waals surface area (Å²) in [5, 5.41) is 32.1. The van der Waals surface area contributed by atoms with Crippen molar-refractivity contribution in [1.82, 2.24) is 9.78 Å². The summed E-state index contributed by atoms with van der Waals surface area (Å²) in [6.07, 6.45) is 0. The lowest BCUT2D eigenvalue weighted by molar-refractivity contribution is 0.406. The fraction of sp³-hybridized carbons (Fsp3) is 0.190. The molecule has 134 valence electrons. The molecule has 2 aromatic carbocycles. The normalized spacial score (nSPS) is 18.4. The average molecular weight is 358 g/mol. The van der Waals surface area contributed by atoms with Crippen LogP contribution in [0, 0.1) is 29.6 Å². The number of aromatic hydroxyl groups is 1. The van der Waals surface area contributed by atoms with E-state index in [2.05, 4.69) is 11.2 Å². The Morgan fingerprint density at radius 1 is 1.19 bits per heavy atom. The van der Waals surface area contributed by atoms with Crippen molar-refractivity contribution in [3.63, 3.8) is 0 Å². The number of ether oxygens (including phenoxy) is 1. The van der Waals surface area contributed by atoms with Gasteiger partial charge in [-0.15, -0.1) is 0 Å². The third-order valence-electron chi connectivity index (χ3n) is 4.83. The molecule has 3 aromatic rings. The maximum Gasteiger partial charge on any atom is 0.224 e. The van der Waals surface area contributed by atoms with E-state index in [4.69, 9.17) is 10.1 Å². The van der Waals surface area contributed by atoms with Gasteiger partial charge in [-0.05, 0) is 30.2 Å². The minimum absolute atomic E-state index is 0.0858. The van der Waals surface area contributed by atoms with Crippen LogP contribution >= 0.6 is 0 Å². The molecule has 6 heteroatoms. The van der Waals surface area contributed by atoms with E-state index in [0.717, 1.165) is 22.4 Å². The van der Waals surface area contributed by atoms with Crippen molar-refractivity contribution in [2.75, 3.05) is 0 Å². The van der Waals surface area contributed by atoms with Crippen LogP contribution in [0.4, 0.5) is 0 Å². The predicted molar refractivity (Wildman–Crippen MR) is 99.9 cm³/mol. The van der Waals surface area contributed by atoms with Gasteiger partial charge in [-0.3, -0.25) is 5.41 Å². The molecule has 2 atom stereocenters. The molecule has 2 N–H and O–H groups in total. The Morgan fingerprint density at radius 2 is 1.89 bits per heavy atom. The van der Waals surface area contributed by atoms with Crippen molar-refractivity contribution in [3.05, 3.63) is 77.0 Å². The van der Waals surface area contributed by atoms with Crippen LogP contribution in [0.25, 0.3) is 0 Å². The third-order valence-corrected chi connectivity index (χ3v) is 4.83. The number of aryl methyl sites for hydroxylation is 1. The van der Waals surface area contributed by atoms with Crippen LogP contribution in [0.3, 0.4) is 0 Å². The maximum absolute atomic E-state index is 9.66. The van der Waals surface area contributed by atoms with Crippen LogP contribution in [0.2, 0.25) is 0 Å². The highest BCUT2D eigenvalue weighted by atomic mass is 16.5. The summed E-state index contributed by atoms with van der Waals surface area (Å²) in [6, 6.07) is 18.8. The summed E-state index contributed by atoms with van der Waals surface area (Å²) >= 11 is 0. The Labute approximate surface area is 156 Å². The number of fused-ring (bicyclic) bond motifs is 1. The summed E-state index contributed by atoms with van der Waals surface area (Å²) in [7, 11) is 0. The zero-order valence-corrected chi connectivity index (χ0v) is 14.8. The second kappa shape index (κ2) is 6.61. The summed E-state index contributed by atoms with van der Waals surface area (Å²) < 4.78 is 7.49. The molecule has 0 spiro atoms. The number of phenolic OH excluding ortho intramolecular Hbond substituents is 1. The standard InChI is InChI=1S/C21H18N4O2/c1-13-18-19(15-7-9-16(26)10-8-15)17(11-22)20(23)27-21(18)25(24-13)12-14-5-3-2-4-6-14/h2-10,17,19,23,26H,12H2,1H3. The van der Waals surface area contributed by atoms with Crippen molar-refractivity contribution in [2.45, 2.75) is 19.4 Å². The molecular weight excluding hydrogens is 340 g/mol. The van der Waals surface area contributed by atoms with Crippen LogP contribution in [0.1, 0.15) is 28.3 Å². The van der Waals surface area contributed by atoms with E-state index in [1.807, 2.05) is 37.3 Å². The Hall–Kier alpha value is -3.59. The molecule has 0 aliphatic carbocycles. The van der Waals surface area contributed by atoms with E-state index in [1.165, 1.54) is 0 Å². The molecule has 0 amide bonds. The molecule has 1 aliphatic heterocycles. The van der Waals surface area contributed by atoms with Crippen LogP contribution in [-0.2, 0) is 6.54 Å². The lowest BCUT2D eigenvalue weighted by Gasteiger charge is -2.28. The number of nitrogens with zero attached hydrogens (tertiary/aromatic N) is 3. The van der Waals surface area contributed by atoms with Crippen LogP contribution in [0.15, 0.2) is 54.6 Å². The summed E-state index contributed by atoms with van der Waals surface area (Å²) in [5.41, 5.74) is 3.50. The highest BCUT2D eigenvalue weighted by Gasteiger charge is 2.40. The maximum atomic E-state index is 9.66. The van der Waals surface area contributed by atoms with Crippen molar-refractivity contribution in [2.24, 2.45) is 5.92 Å². The molecule has 6 nitrogen and oxygen atoms in total.